The van der Waals surface area contributed by atoms with Crippen LogP contribution in [0.15, 0.2) is 0 Å². The molecule has 0 saturated heterocycles. The molecule has 6 heteroatoms. The maximum Gasteiger partial charge on any atom is 0.211 e. The smallest absolute Gasteiger partial charge is 0.211 e. The summed E-state index contributed by atoms with van der Waals surface area (Å²) in [4.78, 5) is 2.01. The molecule has 0 saturated carbocycles. The maximum atomic E-state index is 11.7. The highest BCUT2D eigenvalue weighted by atomic mass is 32.2. The monoisotopic (exact) mass is 265 g/mol. The van der Waals surface area contributed by atoms with Crippen LogP contribution in [0.25, 0.3) is 0 Å². The molecule has 0 atom stereocenters. The molecule has 0 aromatic carbocycles. The third-order valence-corrected chi connectivity index (χ3v) is 4.44. The molecule has 0 rings (SSSR count). The lowest BCUT2D eigenvalue weighted by Crippen LogP contribution is -2.48. The molecule has 0 fully saturated rings. The largest absolute Gasteiger partial charge is 0.320 e. The van der Waals surface area contributed by atoms with Gasteiger partial charge in [0.15, 0.2) is 0 Å². The molecular weight excluding hydrogens is 238 g/mol. The van der Waals surface area contributed by atoms with Gasteiger partial charge in [-0.25, -0.2) is 13.1 Å². The molecule has 104 valence electrons. The number of sulfonamides is 1. The van der Waals surface area contributed by atoms with Gasteiger partial charge >= 0.3 is 0 Å². The second-order valence-electron chi connectivity index (χ2n) is 5.16. The van der Waals surface area contributed by atoms with Crippen molar-refractivity contribution in [1.82, 2.24) is 14.9 Å². The lowest BCUT2D eigenvalue weighted by Gasteiger charge is -2.32. The summed E-state index contributed by atoms with van der Waals surface area (Å²) < 4.78 is 26.1. The van der Waals surface area contributed by atoms with Crippen LogP contribution in [-0.4, -0.2) is 58.8 Å². The van der Waals surface area contributed by atoms with E-state index in [4.69, 9.17) is 0 Å². The lowest BCUT2D eigenvalue weighted by molar-refractivity contribution is 0.199. The summed E-state index contributed by atoms with van der Waals surface area (Å²) in [7, 11) is 2.63. The molecule has 0 aliphatic carbocycles. The summed E-state index contributed by atoms with van der Waals surface area (Å²) in [6.07, 6.45) is 1.58. The average Bonchev–Trinajstić information content (AvgIpc) is 2.22. The topological polar surface area (TPSA) is 61.4 Å². The molecule has 17 heavy (non-hydrogen) atoms. The van der Waals surface area contributed by atoms with Crippen molar-refractivity contribution < 1.29 is 8.42 Å². The highest BCUT2D eigenvalue weighted by molar-refractivity contribution is 7.89. The van der Waals surface area contributed by atoms with Crippen LogP contribution in [0, 0.1) is 0 Å². The standard InChI is InChI=1S/C11H27N3O2S/c1-11(2,14(4)5)10-13-17(15,16)9-7-6-8-12-3/h12-13H,6-10H2,1-5H3. The molecular formula is C11H27N3O2S. The zero-order chi connectivity index (χ0) is 13.5. The van der Waals surface area contributed by atoms with Gasteiger partial charge in [0.2, 0.25) is 10.0 Å². The summed E-state index contributed by atoms with van der Waals surface area (Å²) in [5.74, 6) is 0.207. The predicted molar refractivity (Wildman–Crippen MR) is 72.7 cm³/mol. The Morgan fingerprint density at radius 1 is 1.18 bits per heavy atom. The Bertz CT molecular complexity index is 300. The van der Waals surface area contributed by atoms with Gasteiger partial charge in [0.1, 0.15) is 0 Å². The van der Waals surface area contributed by atoms with Gasteiger partial charge in [-0.05, 0) is 54.4 Å². The van der Waals surface area contributed by atoms with Crippen LogP contribution >= 0.6 is 0 Å². The van der Waals surface area contributed by atoms with E-state index in [-0.39, 0.29) is 11.3 Å². The molecule has 0 bridgehead atoms. The van der Waals surface area contributed by atoms with Crippen LogP contribution in [0.4, 0.5) is 0 Å². The Balaban J connectivity index is 4.02. The van der Waals surface area contributed by atoms with Gasteiger partial charge in [0.25, 0.3) is 0 Å². The summed E-state index contributed by atoms with van der Waals surface area (Å²) >= 11 is 0. The number of likely N-dealkylation sites (N-methyl/N-ethyl adjacent to an activating group) is 1. The van der Waals surface area contributed by atoms with E-state index in [0.29, 0.717) is 13.0 Å². The molecule has 5 nitrogen and oxygen atoms in total. The van der Waals surface area contributed by atoms with E-state index in [1.54, 1.807) is 0 Å². The van der Waals surface area contributed by atoms with Crippen molar-refractivity contribution in [2.24, 2.45) is 0 Å². The van der Waals surface area contributed by atoms with E-state index in [1.165, 1.54) is 0 Å². The molecule has 0 aliphatic heterocycles. The Kier molecular flexibility index (Phi) is 7.23. The van der Waals surface area contributed by atoms with Gasteiger partial charge < -0.3 is 10.2 Å². The molecule has 0 unspecified atom stereocenters. The van der Waals surface area contributed by atoms with Crippen molar-refractivity contribution in [3.8, 4) is 0 Å². The first-order chi connectivity index (χ1) is 7.71. The number of rotatable bonds is 9. The highest BCUT2D eigenvalue weighted by Crippen LogP contribution is 2.08. The van der Waals surface area contributed by atoms with E-state index >= 15 is 0 Å². The number of hydrogen-bond acceptors (Lipinski definition) is 4. The minimum atomic E-state index is -3.13. The average molecular weight is 265 g/mol. The predicted octanol–water partition coefficient (Wildman–Crippen LogP) is 0.246. The number of nitrogens with one attached hydrogen (secondary N) is 2. The molecule has 0 heterocycles. The Hall–Kier alpha value is -0.170. The van der Waals surface area contributed by atoms with Gasteiger partial charge in [0.05, 0.1) is 5.75 Å². The van der Waals surface area contributed by atoms with Crippen LogP contribution in [0.5, 0.6) is 0 Å². The third kappa shape index (κ3) is 7.70. The molecule has 0 aromatic heterocycles. The zero-order valence-electron chi connectivity index (χ0n) is 11.7. The van der Waals surface area contributed by atoms with Crippen LogP contribution in [0.3, 0.4) is 0 Å². The van der Waals surface area contributed by atoms with Crippen molar-refractivity contribution in [2.75, 3.05) is 40.0 Å². The van der Waals surface area contributed by atoms with Crippen molar-refractivity contribution in [1.29, 1.82) is 0 Å². The lowest BCUT2D eigenvalue weighted by atomic mass is 10.1. The molecule has 2 N–H and O–H groups in total. The van der Waals surface area contributed by atoms with Crippen LogP contribution in [-0.2, 0) is 10.0 Å². The van der Waals surface area contributed by atoms with Crippen molar-refractivity contribution in [3.63, 3.8) is 0 Å². The molecule has 0 amide bonds. The fraction of sp³-hybridized carbons (Fsp3) is 1.00. The fourth-order valence-corrected chi connectivity index (χ4v) is 2.41. The molecule has 0 aliphatic rings. The van der Waals surface area contributed by atoms with Crippen LogP contribution < -0.4 is 10.0 Å². The van der Waals surface area contributed by atoms with Gasteiger partial charge in [-0.1, -0.05) is 0 Å². The van der Waals surface area contributed by atoms with Gasteiger partial charge in [-0.3, -0.25) is 0 Å². The van der Waals surface area contributed by atoms with E-state index in [1.807, 2.05) is 39.9 Å². The first kappa shape index (κ1) is 16.8. The molecule has 0 aromatic rings. The van der Waals surface area contributed by atoms with Crippen molar-refractivity contribution >= 4 is 10.0 Å². The summed E-state index contributed by atoms with van der Waals surface area (Å²) in [5, 5.41) is 3.00. The second-order valence-corrected chi connectivity index (χ2v) is 7.08. The van der Waals surface area contributed by atoms with E-state index < -0.39 is 10.0 Å². The number of unbranched alkanes of at least 4 members (excludes halogenated alkanes) is 1. The Morgan fingerprint density at radius 2 is 1.76 bits per heavy atom. The third-order valence-electron chi connectivity index (χ3n) is 3.03. The van der Waals surface area contributed by atoms with Crippen LogP contribution in [0.1, 0.15) is 26.7 Å². The van der Waals surface area contributed by atoms with Gasteiger partial charge in [0, 0.05) is 12.1 Å². The zero-order valence-corrected chi connectivity index (χ0v) is 12.5. The minimum absolute atomic E-state index is 0.169. The number of nitrogens with zero attached hydrogens (tertiary/aromatic N) is 1. The summed E-state index contributed by atoms with van der Waals surface area (Å²) in [6, 6.07) is 0. The fourth-order valence-electron chi connectivity index (χ4n) is 1.11. The SMILES string of the molecule is CNCCCCS(=O)(=O)NCC(C)(C)N(C)C. The minimum Gasteiger partial charge on any atom is -0.320 e. The van der Waals surface area contributed by atoms with E-state index in [9.17, 15) is 8.42 Å². The summed E-state index contributed by atoms with van der Waals surface area (Å²) in [6.45, 7) is 5.32. The van der Waals surface area contributed by atoms with E-state index in [0.717, 1.165) is 13.0 Å². The summed E-state index contributed by atoms with van der Waals surface area (Å²) in [5.41, 5.74) is -0.169. The second kappa shape index (κ2) is 7.31. The highest BCUT2D eigenvalue weighted by Gasteiger charge is 2.22. The van der Waals surface area contributed by atoms with Crippen molar-refractivity contribution in [3.05, 3.63) is 0 Å². The first-order valence-electron chi connectivity index (χ1n) is 6.00. The quantitative estimate of drug-likeness (QED) is 0.587. The van der Waals surface area contributed by atoms with Crippen molar-refractivity contribution in [2.45, 2.75) is 32.2 Å². The first-order valence-corrected chi connectivity index (χ1v) is 7.66. The van der Waals surface area contributed by atoms with Crippen LogP contribution in [0.2, 0.25) is 0 Å². The van der Waals surface area contributed by atoms with Gasteiger partial charge in [-0.15, -0.1) is 0 Å². The normalized spacial score (nSPS) is 13.3. The molecule has 0 radical (unpaired) electrons. The van der Waals surface area contributed by atoms with E-state index in [2.05, 4.69) is 10.0 Å². The Labute approximate surface area is 106 Å². The van der Waals surface area contributed by atoms with Gasteiger partial charge in [-0.2, -0.15) is 0 Å². The number of hydrogen-bond donors (Lipinski definition) is 2. The Morgan fingerprint density at radius 3 is 2.24 bits per heavy atom. The molecule has 0 spiro atoms. The maximum absolute atomic E-state index is 11.7.